The smallest absolute Gasteiger partial charge is 0.261 e. The summed E-state index contributed by atoms with van der Waals surface area (Å²) in [4.78, 5) is 13.4. The van der Waals surface area contributed by atoms with Gasteiger partial charge in [-0.05, 0) is 42.8 Å². The van der Waals surface area contributed by atoms with Crippen LogP contribution in [0.25, 0.3) is 0 Å². The molecule has 0 saturated heterocycles. The van der Waals surface area contributed by atoms with Crippen LogP contribution in [0.3, 0.4) is 0 Å². The lowest BCUT2D eigenvalue weighted by Gasteiger charge is -2.11. The molecule has 3 rings (SSSR count). The van der Waals surface area contributed by atoms with Crippen molar-refractivity contribution in [1.82, 2.24) is 5.32 Å². The lowest BCUT2D eigenvalue weighted by Crippen LogP contribution is -2.38. The average Bonchev–Trinajstić information content (AvgIpc) is 2.96. The van der Waals surface area contributed by atoms with E-state index in [2.05, 4.69) is 36.5 Å². The predicted octanol–water partition coefficient (Wildman–Crippen LogP) is 3.86. The lowest BCUT2D eigenvalue weighted by atomic mass is 10.1. The number of ether oxygens (including phenoxy) is 1. The zero-order valence-electron chi connectivity index (χ0n) is 12.8. The number of hydrogen-bond donors (Lipinski definition) is 1. The van der Waals surface area contributed by atoms with Crippen LogP contribution in [0.2, 0.25) is 5.02 Å². The van der Waals surface area contributed by atoms with Gasteiger partial charge in [0.15, 0.2) is 6.10 Å². The van der Waals surface area contributed by atoms with Crippen molar-refractivity contribution in [2.75, 3.05) is 12.3 Å². The van der Waals surface area contributed by atoms with Gasteiger partial charge in [0.2, 0.25) is 0 Å². The summed E-state index contributed by atoms with van der Waals surface area (Å²) in [6.45, 7) is 2.69. The topological polar surface area (TPSA) is 38.3 Å². The third kappa shape index (κ3) is 4.21. The first-order valence-corrected chi connectivity index (χ1v) is 8.90. The summed E-state index contributed by atoms with van der Waals surface area (Å²) in [5.41, 5.74) is 2.24. The molecule has 1 heterocycles. The lowest BCUT2D eigenvalue weighted by molar-refractivity contribution is -0.127. The molecule has 2 aromatic rings. The summed E-state index contributed by atoms with van der Waals surface area (Å²) in [7, 11) is 0. The van der Waals surface area contributed by atoms with Crippen LogP contribution in [0, 0.1) is 6.92 Å². The second kappa shape index (κ2) is 7.28. The van der Waals surface area contributed by atoms with Gasteiger partial charge in [0.25, 0.3) is 5.91 Å². The Labute approximate surface area is 145 Å². The van der Waals surface area contributed by atoms with Crippen molar-refractivity contribution in [2.45, 2.75) is 24.3 Å². The molecule has 5 heteroatoms. The standard InChI is InChI=1S/C18H18ClNO2S/c1-12-2-5-15(6-3-12)23-9-8-20-18(21)17-11-13-10-14(19)4-7-16(13)22-17/h2-7,10,17H,8-9,11H2,1H3,(H,20,21). The number of hydrogen-bond acceptors (Lipinski definition) is 3. The molecule has 2 aromatic carbocycles. The minimum absolute atomic E-state index is 0.0678. The molecule has 1 aliphatic rings. The molecule has 23 heavy (non-hydrogen) atoms. The number of benzene rings is 2. The van der Waals surface area contributed by atoms with Crippen LogP contribution in [0.5, 0.6) is 5.75 Å². The van der Waals surface area contributed by atoms with E-state index < -0.39 is 6.10 Å². The molecular weight excluding hydrogens is 330 g/mol. The normalized spacial score (nSPS) is 15.8. The summed E-state index contributed by atoms with van der Waals surface area (Å²) in [6.07, 6.45) is 0.125. The molecule has 0 saturated carbocycles. The molecule has 1 amide bonds. The van der Waals surface area contributed by atoms with Crippen LogP contribution in [0.15, 0.2) is 47.4 Å². The Kier molecular flexibility index (Phi) is 5.13. The Morgan fingerprint density at radius 3 is 2.87 bits per heavy atom. The molecule has 1 atom stereocenters. The molecule has 1 unspecified atom stereocenters. The van der Waals surface area contributed by atoms with Crippen LogP contribution < -0.4 is 10.1 Å². The Hall–Kier alpha value is -1.65. The molecule has 0 spiro atoms. The largest absolute Gasteiger partial charge is 0.480 e. The monoisotopic (exact) mass is 347 g/mol. The molecule has 0 aromatic heterocycles. The van der Waals surface area contributed by atoms with Gasteiger partial charge in [-0.3, -0.25) is 4.79 Å². The van der Waals surface area contributed by atoms with Gasteiger partial charge >= 0.3 is 0 Å². The highest BCUT2D eigenvalue weighted by Crippen LogP contribution is 2.31. The molecular formula is C18H18ClNO2S. The fourth-order valence-corrected chi connectivity index (χ4v) is 3.42. The second-order valence-electron chi connectivity index (χ2n) is 5.52. The predicted molar refractivity (Wildman–Crippen MR) is 94.5 cm³/mol. The van der Waals surface area contributed by atoms with Gasteiger partial charge < -0.3 is 10.1 Å². The Balaban J connectivity index is 1.43. The number of aryl methyl sites for hydroxylation is 1. The maximum Gasteiger partial charge on any atom is 0.261 e. The minimum Gasteiger partial charge on any atom is -0.480 e. The van der Waals surface area contributed by atoms with E-state index in [1.165, 1.54) is 10.5 Å². The molecule has 120 valence electrons. The summed E-state index contributed by atoms with van der Waals surface area (Å²) < 4.78 is 5.67. The van der Waals surface area contributed by atoms with Crippen molar-refractivity contribution in [3.63, 3.8) is 0 Å². The highest BCUT2D eigenvalue weighted by molar-refractivity contribution is 7.99. The van der Waals surface area contributed by atoms with E-state index in [1.807, 2.05) is 12.1 Å². The first kappa shape index (κ1) is 16.2. The van der Waals surface area contributed by atoms with E-state index in [1.54, 1.807) is 17.8 Å². The van der Waals surface area contributed by atoms with Crippen LogP contribution in [-0.4, -0.2) is 24.3 Å². The van der Waals surface area contributed by atoms with Gasteiger partial charge in [0.05, 0.1) is 0 Å². The number of nitrogens with one attached hydrogen (secondary N) is 1. The first-order chi connectivity index (χ1) is 11.1. The van der Waals surface area contributed by atoms with Crippen molar-refractivity contribution < 1.29 is 9.53 Å². The SMILES string of the molecule is Cc1ccc(SCCNC(=O)C2Cc3cc(Cl)ccc3O2)cc1. The Morgan fingerprint density at radius 1 is 1.30 bits per heavy atom. The third-order valence-corrected chi connectivity index (χ3v) is 4.93. The van der Waals surface area contributed by atoms with Crippen molar-refractivity contribution in [2.24, 2.45) is 0 Å². The Morgan fingerprint density at radius 2 is 2.09 bits per heavy atom. The fourth-order valence-electron chi connectivity index (χ4n) is 2.45. The fraction of sp³-hybridized carbons (Fsp3) is 0.278. The van der Waals surface area contributed by atoms with Gasteiger partial charge in [-0.1, -0.05) is 29.3 Å². The molecule has 0 bridgehead atoms. The van der Waals surface area contributed by atoms with E-state index >= 15 is 0 Å². The van der Waals surface area contributed by atoms with E-state index in [0.29, 0.717) is 18.0 Å². The number of carbonyl (C=O) groups excluding carboxylic acids is 1. The molecule has 1 aliphatic heterocycles. The molecule has 1 N–H and O–H groups in total. The van der Waals surface area contributed by atoms with Gasteiger partial charge in [0.1, 0.15) is 5.75 Å². The highest BCUT2D eigenvalue weighted by Gasteiger charge is 2.28. The third-order valence-electron chi connectivity index (χ3n) is 3.68. The van der Waals surface area contributed by atoms with E-state index in [9.17, 15) is 4.79 Å². The number of amides is 1. The van der Waals surface area contributed by atoms with Gasteiger partial charge in [0, 0.05) is 28.6 Å². The quantitative estimate of drug-likeness (QED) is 0.659. The van der Waals surface area contributed by atoms with Crippen LogP contribution in [0.1, 0.15) is 11.1 Å². The molecule has 0 radical (unpaired) electrons. The van der Waals surface area contributed by atoms with Gasteiger partial charge in [-0.25, -0.2) is 0 Å². The van der Waals surface area contributed by atoms with Crippen LogP contribution in [-0.2, 0) is 11.2 Å². The maximum atomic E-state index is 12.2. The summed E-state index contributed by atoms with van der Waals surface area (Å²) >= 11 is 7.69. The number of carbonyl (C=O) groups is 1. The summed E-state index contributed by atoms with van der Waals surface area (Å²) in [5.74, 6) is 1.52. The maximum absolute atomic E-state index is 12.2. The van der Waals surface area contributed by atoms with Crippen molar-refractivity contribution >= 4 is 29.3 Å². The second-order valence-corrected chi connectivity index (χ2v) is 7.12. The zero-order chi connectivity index (χ0) is 16.2. The highest BCUT2D eigenvalue weighted by atomic mass is 35.5. The first-order valence-electron chi connectivity index (χ1n) is 7.54. The Bertz CT molecular complexity index is 703. The van der Waals surface area contributed by atoms with Crippen molar-refractivity contribution in [3.05, 3.63) is 58.6 Å². The number of thioether (sulfide) groups is 1. The van der Waals surface area contributed by atoms with Gasteiger partial charge in [-0.2, -0.15) is 0 Å². The average molecular weight is 348 g/mol. The molecule has 0 aliphatic carbocycles. The number of rotatable bonds is 5. The molecule has 3 nitrogen and oxygen atoms in total. The molecule has 0 fully saturated rings. The minimum atomic E-state index is -0.451. The zero-order valence-corrected chi connectivity index (χ0v) is 14.4. The van der Waals surface area contributed by atoms with Crippen molar-refractivity contribution in [3.8, 4) is 5.75 Å². The summed E-state index contributed by atoms with van der Waals surface area (Å²) in [6, 6.07) is 13.8. The van der Waals surface area contributed by atoms with Crippen molar-refractivity contribution in [1.29, 1.82) is 0 Å². The number of halogens is 1. The van der Waals surface area contributed by atoms with Gasteiger partial charge in [-0.15, -0.1) is 11.8 Å². The van der Waals surface area contributed by atoms with Crippen LogP contribution >= 0.6 is 23.4 Å². The van der Waals surface area contributed by atoms with E-state index in [-0.39, 0.29) is 5.91 Å². The van der Waals surface area contributed by atoms with E-state index in [4.69, 9.17) is 16.3 Å². The van der Waals surface area contributed by atoms with E-state index in [0.717, 1.165) is 17.1 Å². The number of fused-ring (bicyclic) bond motifs is 1. The van der Waals surface area contributed by atoms with Crippen LogP contribution in [0.4, 0.5) is 0 Å². The summed E-state index contributed by atoms with van der Waals surface area (Å²) in [5, 5.41) is 3.61.